The van der Waals surface area contributed by atoms with E-state index in [1.165, 1.54) is 11.6 Å². The molecule has 0 aromatic heterocycles. The third-order valence-corrected chi connectivity index (χ3v) is 4.21. The van der Waals surface area contributed by atoms with Crippen molar-refractivity contribution in [3.8, 4) is 11.5 Å². The molecule has 0 radical (unpaired) electrons. The van der Waals surface area contributed by atoms with Crippen molar-refractivity contribution in [1.82, 2.24) is 0 Å². The normalized spacial score (nSPS) is 11.5. The Hall–Kier alpha value is -1.54. The average Bonchev–Trinajstić information content (AvgIpc) is 2.50. The summed E-state index contributed by atoms with van der Waals surface area (Å²) in [6.07, 6.45) is 1.06. The van der Waals surface area contributed by atoms with Gasteiger partial charge in [-0.15, -0.1) is 11.6 Å². The molecule has 3 heteroatoms. The maximum absolute atomic E-state index is 13.9. The monoisotopic (exact) mass is 306 g/mol. The summed E-state index contributed by atoms with van der Waals surface area (Å²) in [5.41, 5.74) is 2.11. The van der Waals surface area contributed by atoms with Crippen molar-refractivity contribution >= 4 is 11.6 Å². The Morgan fingerprint density at radius 3 is 2.29 bits per heavy atom. The van der Waals surface area contributed by atoms with Crippen LogP contribution in [0.25, 0.3) is 0 Å². The van der Waals surface area contributed by atoms with Crippen LogP contribution < -0.4 is 4.74 Å². The lowest BCUT2D eigenvalue weighted by molar-refractivity contribution is 0.440. The van der Waals surface area contributed by atoms with Crippen molar-refractivity contribution in [2.24, 2.45) is 0 Å². The van der Waals surface area contributed by atoms with Gasteiger partial charge in [0.25, 0.3) is 0 Å². The third kappa shape index (κ3) is 3.76. The second-order valence-corrected chi connectivity index (χ2v) is 6.03. The number of hydrogen-bond acceptors (Lipinski definition) is 1. The van der Waals surface area contributed by atoms with E-state index in [4.69, 9.17) is 16.3 Å². The first kappa shape index (κ1) is 15.8. The molecule has 0 bridgehead atoms. The first-order chi connectivity index (χ1) is 9.96. The molecule has 0 aliphatic heterocycles. The lowest BCUT2D eigenvalue weighted by Crippen LogP contribution is -2.14. The molecule has 112 valence electrons. The zero-order chi connectivity index (χ0) is 15.5. The Bertz CT molecular complexity index is 605. The fourth-order valence-corrected chi connectivity index (χ4v) is 2.18. The van der Waals surface area contributed by atoms with Crippen LogP contribution in [0.5, 0.6) is 11.5 Å². The van der Waals surface area contributed by atoms with Crippen molar-refractivity contribution in [2.75, 3.05) is 0 Å². The van der Waals surface area contributed by atoms with Gasteiger partial charge in [0.1, 0.15) is 5.75 Å². The van der Waals surface area contributed by atoms with Crippen molar-refractivity contribution in [2.45, 2.75) is 38.5 Å². The van der Waals surface area contributed by atoms with E-state index in [0.29, 0.717) is 5.75 Å². The molecule has 0 aliphatic carbocycles. The number of rotatable bonds is 5. The maximum atomic E-state index is 13.9. The van der Waals surface area contributed by atoms with Crippen molar-refractivity contribution < 1.29 is 9.13 Å². The predicted octanol–water partition coefficient (Wildman–Crippen LogP) is 6.04. The van der Waals surface area contributed by atoms with E-state index >= 15 is 0 Å². The second kappa shape index (κ2) is 6.48. The van der Waals surface area contributed by atoms with Gasteiger partial charge >= 0.3 is 0 Å². The van der Waals surface area contributed by atoms with E-state index < -0.39 is 5.82 Å². The van der Waals surface area contributed by atoms with Crippen LogP contribution in [0.3, 0.4) is 0 Å². The highest BCUT2D eigenvalue weighted by Gasteiger charge is 2.17. The third-order valence-electron chi connectivity index (χ3n) is 3.90. The van der Waals surface area contributed by atoms with Gasteiger partial charge in [0.2, 0.25) is 0 Å². The summed E-state index contributed by atoms with van der Waals surface area (Å²) in [4.78, 5) is 0. The highest BCUT2D eigenvalue weighted by atomic mass is 35.5. The molecule has 0 N–H and O–H groups in total. The predicted molar refractivity (Wildman–Crippen MR) is 85.8 cm³/mol. The molecule has 0 spiro atoms. The van der Waals surface area contributed by atoms with Crippen LogP contribution in [0.1, 0.15) is 38.3 Å². The summed E-state index contributed by atoms with van der Waals surface area (Å²) < 4.78 is 19.5. The van der Waals surface area contributed by atoms with E-state index in [9.17, 15) is 4.39 Å². The summed E-state index contributed by atoms with van der Waals surface area (Å²) in [6.45, 7) is 6.57. The van der Waals surface area contributed by atoms with Gasteiger partial charge in [0, 0.05) is 5.88 Å². The van der Waals surface area contributed by atoms with Crippen LogP contribution in [0.4, 0.5) is 4.39 Å². The van der Waals surface area contributed by atoms with Crippen LogP contribution in [0.15, 0.2) is 42.5 Å². The van der Waals surface area contributed by atoms with E-state index in [-0.39, 0.29) is 17.0 Å². The molecule has 0 atom stereocenters. The minimum atomic E-state index is -0.397. The quantitative estimate of drug-likeness (QED) is 0.611. The maximum Gasteiger partial charge on any atom is 0.166 e. The molecule has 0 amide bonds. The van der Waals surface area contributed by atoms with Crippen LogP contribution in [-0.2, 0) is 11.3 Å². The first-order valence-electron chi connectivity index (χ1n) is 7.09. The number of ether oxygens (including phenoxy) is 1. The Balaban J connectivity index is 2.17. The number of alkyl halides is 1. The van der Waals surface area contributed by atoms with Gasteiger partial charge in [-0.05, 0) is 47.2 Å². The highest BCUT2D eigenvalue weighted by molar-refractivity contribution is 6.17. The molecule has 0 aliphatic rings. The van der Waals surface area contributed by atoms with Gasteiger partial charge in [-0.3, -0.25) is 0 Å². The summed E-state index contributed by atoms with van der Waals surface area (Å²) in [5, 5.41) is 0. The Morgan fingerprint density at radius 1 is 1.10 bits per heavy atom. The van der Waals surface area contributed by atoms with E-state index in [0.717, 1.165) is 12.0 Å². The Morgan fingerprint density at radius 2 is 1.76 bits per heavy atom. The summed E-state index contributed by atoms with van der Waals surface area (Å²) in [5.74, 6) is 0.735. The molecular formula is C18H20ClFO. The van der Waals surface area contributed by atoms with Crippen LogP contribution in [-0.4, -0.2) is 0 Å². The number of halogens is 2. The molecule has 0 saturated heterocycles. The summed E-state index contributed by atoms with van der Waals surface area (Å²) in [7, 11) is 0. The smallest absolute Gasteiger partial charge is 0.166 e. The number of benzene rings is 2. The fourth-order valence-electron chi connectivity index (χ4n) is 2.02. The Kier molecular flexibility index (Phi) is 4.89. The van der Waals surface area contributed by atoms with E-state index in [1.54, 1.807) is 12.1 Å². The van der Waals surface area contributed by atoms with Gasteiger partial charge in [-0.2, -0.15) is 0 Å². The molecule has 0 unspecified atom stereocenters. The molecule has 2 aromatic rings. The minimum Gasteiger partial charge on any atom is -0.454 e. The van der Waals surface area contributed by atoms with Crippen LogP contribution in [0, 0.1) is 5.82 Å². The van der Waals surface area contributed by atoms with Gasteiger partial charge in [0.05, 0.1) is 0 Å². The lowest BCUT2D eigenvalue weighted by Gasteiger charge is -2.23. The van der Waals surface area contributed by atoms with Gasteiger partial charge in [-0.25, -0.2) is 4.39 Å². The largest absolute Gasteiger partial charge is 0.454 e. The fraction of sp³-hybridized carbons (Fsp3) is 0.333. The van der Waals surface area contributed by atoms with Crippen molar-refractivity contribution in [3.05, 3.63) is 59.4 Å². The minimum absolute atomic E-state index is 0.131. The average molecular weight is 307 g/mol. The van der Waals surface area contributed by atoms with Crippen molar-refractivity contribution in [1.29, 1.82) is 0 Å². The topological polar surface area (TPSA) is 9.23 Å². The van der Waals surface area contributed by atoms with E-state index in [2.05, 4.69) is 20.8 Å². The molecule has 2 aromatic carbocycles. The molecule has 21 heavy (non-hydrogen) atoms. The van der Waals surface area contributed by atoms with Crippen molar-refractivity contribution in [3.63, 3.8) is 0 Å². The lowest BCUT2D eigenvalue weighted by atomic mass is 9.82. The molecule has 2 rings (SSSR count). The summed E-state index contributed by atoms with van der Waals surface area (Å²) >= 11 is 5.68. The number of hydrogen-bond donors (Lipinski definition) is 0. The SMILES string of the molecule is CCC(C)(C)c1ccc(Oc2ccc(CCl)cc2F)cc1. The highest BCUT2D eigenvalue weighted by Crippen LogP contribution is 2.30. The molecule has 1 nitrogen and oxygen atoms in total. The standard InChI is InChI=1S/C18H20ClFO/c1-4-18(2,3)14-6-8-15(9-7-14)21-17-10-5-13(12-19)11-16(17)20/h5-11H,4,12H2,1-3H3. The van der Waals surface area contributed by atoms with Gasteiger partial charge in [-0.1, -0.05) is 39.0 Å². The summed E-state index contributed by atoms with van der Waals surface area (Å²) in [6, 6.07) is 12.6. The van der Waals surface area contributed by atoms with E-state index in [1.807, 2.05) is 24.3 Å². The molecular weight excluding hydrogens is 287 g/mol. The van der Waals surface area contributed by atoms with Crippen LogP contribution in [0.2, 0.25) is 0 Å². The molecule has 0 fully saturated rings. The zero-order valence-electron chi connectivity index (χ0n) is 12.6. The molecule has 0 saturated carbocycles. The Labute approximate surface area is 130 Å². The second-order valence-electron chi connectivity index (χ2n) is 5.76. The molecule has 0 heterocycles. The first-order valence-corrected chi connectivity index (χ1v) is 7.62. The van der Waals surface area contributed by atoms with Gasteiger partial charge in [0.15, 0.2) is 11.6 Å². The zero-order valence-corrected chi connectivity index (χ0v) is 13.4. The van der Waals surface area contributed by atoms with Crippen LogP contribution >= 0.6 is 11.6 Å². The van der Waals surface area contributed by atoms with Gasteiger partial charge < -0.3 is 4.74 Å².